The second-order valence-corrected chi connectivity index (χ2v) is 7.50. The highest BCUT2D eigenvalue weighted by atomic mass is 32.2. The number of benzene rings is 1. The van der Waals surface area contributed by atoms with Crippen LogP contribution in [0.25, 0.3) is 0 Å². The molecule has 1 aromatic carbocycles. The van der Waals surface area contributed by atoms with Gasteiger partial charge in [0.05, 0.1) is 0 Å². The number of thioether (sulfide) groups is 1. The summed E-state index contributed by atoms with van der Waals surface area (Å²) in [6, 6.07) is 10.9. The highest BCUT2D eigenvalue weighted by Gasteiger charge is 2.27. The maximum absolute atomic E-state index is 12.5. The molecule has 0 aromatic heterocycles. The Labute approximate surface area is 148 Å². The van der Waals surface area contributed by atoms with Crippen molar-refractivity contribution in [3.05, 3.63) is 47.5 Å². The minimum atomic E-state index is 0.0137. The first-order valence-electron chi connectivity index (χ1n) is 8.55. The summed E-state index contributed by atoms with van der Waals surface area (Å²) in [7, 11) is 0. The molecule has 5 nitrogen and oxygen atoms in total. The van der Waals surface area contributed by atoms with E-state index >= 15 is 0 Å². The van der Waals surface area contributed by atoms with Gasteiger partial charge in [0.2, 0.25) is 0 Å². The summed E-state index contributed by atoms with van der Waals surface area (Å²) in [5.74, 6) is 0. The number of urea groups is 1. The van der Waals surface area contributed by atoms with E-state index in [1.54, 1.807) is 11.8 Å². The summed E-state index contributed by atoms with van der Waals surface area (Å²) < 4.78 is 0. The average Bonchev–Trinajstić information content (AvgIpc) is 3.05. The molecule has 6 heteroatoms. The number of amides is 2. The van der Waals surface area contributed by atoms with Gasteiger partial charge in [0, 0.05) is 45.0 Å². The van der Waals surface area contributed by atoms with Crippen LogP contribution in [0.15, 0.2) is 41.9 Å². The van der Waals surface area contributed by atoms with Crippen LogP contribution < -0.4 is 5.32 Å². The van der Waals surface area contributed by atoms with Crippen LogP contribution in [0.1, 0.15) is 19.4 Å². The molecule has 1 unspecified atom stereocenters. The summed E-state index contributed by atoms with van der Waals surface area (Å²) >= 11 is 1.65. The van der Waals surface area contributed by atoms with Crippen LogP contribution >= 0.6 is 11.8 Å². The monoisotopic (exact) mass is 346 g/mol. The lowest BCUT2D eigenvalue weighted by Crippen LogP contribution is -2.55. The fraction of sp³-hybridized carbons (Fsp3) is 0.500. The van der Waals surface area contributed by atoms with Gasteiger partial charge in [0.25, 0.3) is 0 Å². The fourth-order valence-electron chi connectivity index (χ4n) is 3.03. The number of hydrogen-bond acceptors (Lipinski definition) is 4. The molecule has 1 aromatic rings. The Morgan fingerprint density at radius 2 is 1.92 bits per heavy atom. The van der Waals surface area contributed by atoms with Crippen molar-refractivity contribution in [1.29, 1.82) is 0 Å². The van der Waals surface area contributed by atoms with Crippen molar-refractivity contribution in [2.24, 2.45) is 0 Å². The second kappa shape index (κ2) is 7.94. The minimum Gasteiger partial charge on any atom is -0.346 e. The molecule has 0 bridgehead atoms. The van der Waals surface area contributed by atoms with Crippen LogP contribution in [0.5, 0.6) is 0 Å². The smallest absolute Gasteiger partial charge is 0.319 e. The third-order valence-electron chi connectivity index (χ3n) is 4.46. The van der Waals surface area contributed by atoms with Gasteiger partial charge in [-0.05, 0) is 24.8 Å². The number of carbonyl (C=O) groups excluding carboxylic acids is 1. The van der Waals surface area contributed by atoms with Gasteiger partial charge in [-0.25, -0.2) is 4.79 Å². The predicted molar refractivity (Wildman–Crippen MR) is 99.3 cm³/mol. The van der Waals surface area contributed by atoms with E-state index < -0.39 is 0 Å². The molecule has 2 aliphatic rings. The Morgan fingerprint density at radius 1 is 1.21 bits per heavy atom. The standard InChI is InChI=1S/C18H26N4OS/c1-15(2)22-12-13-24-18(22)19-17(23)21-10-8-20(9-11-21)14-16-6-4-3-5-7-16/h3-7,12-13,15,18H,8-11,14H2,1-2H3,(H,19,23). The van der Waals surface area contributed by atoms with Crippen LogP contribution in [0.2, 0.25) is 0 Å². The highest BCUT2D eigenvalue weighted by Crippen LogP contribution is 2.25. The summed E-state index contributed by atoms with van der Waals surface area (Å²) in [6.45, 7) is 8.64. The van der Waals surface area contributed by atoms with E-state index in [1.807, 2.05) is 16.4 Å². The first-order valence-corrected chi connectivity index (χ1v) is 9.49. The van der Waals surface area contributed by atoms with Gasteiger partial charge in [0.1, 0.15) is 0 Å². The SMILES string of the molecule is CC(C)N1C=CSC1NC(=O)N1CCN(Cc2ccccc2)CC1. The predicted octanol–water partition coefficient (Wildman–Crippen LogP) is 2.73. The van der Waals surface area contributed by atoms with Gasteiger partial charge in [-0.1, -0.05) is 42.1 Å². The van der Waals surface area contributed by atoms with Gasteiger partial charge in [-0.15, -0.1) is 0 Å². The van der Waals surface area contributed by atoms with Gasteiger partial charge in [-0.3, -0.25) is 4.90 Å². The molecule has 0 spiro atoms. The number of nitrogens with zero attached hydrogens (tertiary/aromatic N) is 3. The van der Waals surface area contributed by atoms with Crippen LogP contribution in [0, 0.1) is 0 Å². The van der Waals surface area contributed by atoms with Gasteiger partial charge in [-0.2, -0.15) is 0 Å². The molecule has 1 atom stereocenters. The molecule has 0 radical (unpaired) electrons. The molecule has 1 saturated heterocycles. The van der Waals surface area contributed by atoms with Crippen LogP contribution in [-0.2, 0) is 6.54 Å². The number of carbonyl (C=O) groups is 1. The normalized spacial score (nSPS) is 21.5. The Kier molecular flexibility index (Phi) is 5.68. The molecule has 24 heavy (non-hydrogen) atoms. The molecule has 1 N–H and O–H groups in total. The van der Waals surface area contributed by atoms with Crippen molar-refractivity contribution >= 4 is 17.8 Å². The van der Waals surface area contributed by atoms with E-state index in [2.05, 4.69) is 59.4 Å². The van der Waals surface area contributed by atoms with Crippen LogP contribution in [-0.4, -0.2) is 58.4 Å². The summed E-state index contributed by atoms with van der Waals surface area (Å²) in [5.41, 5.74) is 1.34. The van der Waals surface area contributed by atoms with Gasteiger partial charge >= 0.3 is 6.03 Å². The number of rotatable bonds is 4. The molecule has 0 saturated carbocycles. The topological polar surface area (TPSA) is 38.8 Å². The summed E-state index contributed by atoms with van der Waals surface area (Å²) in [5, 5.41) is 5.18. The number of hydrogen-bond donors (Lipinski definition) is 1. The first-order chi connectivity index (χ1) is 11.6. The molecule has 0 aliphatic carbocycles. The van der Waals surface area contributed by atoms with Crippen molar-refractivity contribution < 1.29 is 4.79 Å². The van der Waals surface area contributed by atoms with E-state index in [-0.39, 0.29) is 11.5 Å². The third kappa shape index (κ3) is 4.24. The van der Waals surface area contributed by atoms with Crippen LogP contribution in [0.3, 0.4) is 0 Å². The molecule has 2 aliphatic heterocycles. The van der Waals surface area contributed by atoms with Crippen LogP contribution in [0.4, 0.5) is 4.79 Å². The second-order valence-electron chi connectivity index (χ2n) is 6.51. The Balaban J connectivity index is 1.45. The molecule has 3 rings (SSSR count). The molecule has 2 amide bonds. The number of nitrogens with one attached hydrogen (secondary N) is 1. The van der Waals surface area contributed by atoms with E-state index in [0.717, 1.165) is 32.7 Å². The van der Waals surface area contributed by atoms with Crippen molar-refractivity contribution in [3.8, 4) is 0 Å². The molecule has 1 fully saturated rings. The lowest BCUT2D eigenvalue weighted by atomic mass is 10.2. The van der Waals surface area contributed by atoms with Crippen molar-refractivity contribution in [1.82, 2.24) is 20.0 Å². The maximum Gasteiger partial charge on any atom is 0.319 e. The lowest BCUT2D eigenvalue weighted by Gasteiger charge is -2.36. The van der Waals surface area contributed by atoms with Crippen molar-refractivity contribution in [2.45, 2.75) is 31.9 Å². The summed E-state index contributed by atoms with van der Waals surface area (Å²) in [4.78, 5) is 19.0. The third-order valence-corrected chi connectivity index (χ3v) is 5.36. The molecule has 2 heterocycles. The zero-order valence-electron chi connectivity index (χ0n) is 14.4. The fourth-order valence-corrected chi connectivity index (χ4v) is 4.01. The minimum absolute atomic E-state index is 0.0137. The zero-order valence-corrected chi connectivity index (χ0v) is 15.2. The number of piperazine rings is 1. The molecule has 130 valence electrons. The summed E-state index contributed by atoms with van der Waals surface area (Å²) in [6.07, 6.45) is 2.05. The van der Waals surface area contributed by atoms with E-state index in [0.29, 0.717) is 6.04 Å². The van der Waals surface area contributed by atoms with Crippen molar-refractivity contribution in [2.75, 3.05) is 26.2 Å². The Hall–Kier alpha value is -1.66. The molecular formula is C18H26N4OS. The first kappa shape index (κ1) is 17.2. The van der Waals surface area contributed by atoms with Gasteiger partial charge in [0.15, 0.2) is 5.50 Å². The largest absolute Gasteiger partial charge is 0.346 e. The zero-order chi connectivity index (χ0) is 16.9. The van der Waals surface area contributed by atoms with E-state index in [1.165, 1.54) is 5.56 Å². The Morgan fingerprint density at radius 3 is 2.58 bits per heavy atom. The van der Waals surface area contributed by atoms with Gasteiger partial charge < -0.3 is 15.1 Å². The van der Waals surface area contributed by atoms with E-state index in [9.17, 15) is 4.79 Å². The lowest BCUT2D eigenvalue weighted by molar-refractivity contribution is 0.130. The Bertz CT molecular complexity index is 570. The highest BCUT2D eigenvalue weighted by molar-refractivity contribution is 8.02. The average molecular weight is 347 g/mol. The molecular weight excluding hydrogens is 320 g/mol. The maximum atomic E-state index is 12.5. The quantitative estimate of drug-likeness (QED) is 0.910. The van der Waals surface area contributed by atoms with Crippen molar-refractivity contribution in [3.63, 3.8) is 0 Å². The van der Waals surface area contributed by atoms with E-state index in [4.69, 9.17) is 0 Å².